The van der Waals surface area contributed by atoms with Gasteiger partial charge in [-0.3, -0.25) is 0 Å². The number of carbonyl (C=O) groups excluding carboxylic acids is 1. The monoisotopic (exact) mass is 238 g/mol. The fourth-order valence-electron chi connectivity index (χ4n) is 1.22. The zero-order chi connectivity index (χ0) is 12.9. The van der Waals surface area contributed by atoms with E-state index in [1.807, 2.05) is 0 Å². The van der Waals surface area contributed by atoms with Gasteiger partial charge in [0.15, 0.2) is 0 Å². The first-order chi connectivity index (χ1) is 7.94. The van der Waals surface area contributed by atoms with Crippen molar-refractivity contribution in [1.82, 2.24) is 4.98 Å². The zero-order valence-electron chi connectivity index (χ0n) is 10.4. The fraction of sp³-hybridized carbons (Fsp3) is 0.500. The third kappa shape index (κ3) is 4.40. The van der Waals surface area contributed by atoms with Crippen molar-refractivity contribution < 1.29 is 14.6 Å². The van der Waals surface area contributed by atoms with E-state index in [0.29, 0.717) is 24.5 Å². The SMILES string of the molecule is CCOC(=O)c1cccnc1NCC(C)(C)O. The minimum Gasteiger partial charge on any atom is -0.462 e. The van der Waals surface area contributed by atoms with Crippen LogP contribution < -0.4 is 5.32 Å². The predicted molar refractivity (Wildman–Crippen MR) is 65.0 cm³/mol. The number of aliphatic hydroxyl groups is 1. The second-order valence-corrected chi connectivity index (χ2v) is 4.29. The molecule has 0 amide bonds. The lowest BCUT2D eigenvalue weighted by molar-refractivity contribution is 0.0526. The van der Waals surface area contributed by atoms with Crippen LogP contribution in [0.1, 0.15) is 31.1 Å². The summed E-state index contributed by atoms with van der Waals surface area (Å²) in [5.41, 5.74) is -0.498. The lowest BCUT2D eigenvalue weighted by Gasteiger charge is -2.19. The average molecular weight is 238 g/mol. The van der Waals surface area contributed by atoms with E-state index >= 15 is 0 Å². The van der Waals surface area contributed by atoms with Crippen LogP contribution in [-0.4, -0.2) is 34.8 Å². The van der Waals surface area contributed by atoms with Crippen LogP contribution in [0.2, 0.25) is 0 Å². The Kier molecular flexibility index (Phi) is 4.45. The van der Waals surface area contributed by atoms with Gasteiger partial charge in [-0.1, -0.05) is 0 Å². The van der Waals surface area contributed by atoms with Gasteiger partial charge in [-0.25, -0.2) is 9.78 Å². The maximum absolute atomic E-state index is 11.6. The number of hydrogen-bond donors (Lipinski definition) is 2. The van der Waals surface area contributed by atoms with Crippen LogP contribution in [0.25, 0.3) is 0 Å². The van der Waals surface area contributed by atoms with Crippen molar-refractivity contribution in [3.8, 4) is 0 Å². The summed E-state index contributed by atoms with van der Waals surface area (Å²) in [6.07, 6.45) is 1.58. The van der Waals surface area contributed by atoms with Gasteiger partial charge < -0.3 is 15.2 Å². The van der Waals surface area contributed by atoms with E-state index in [9.17, 15) is 9.90 Å². The van der Waals surface area contributed by atoms with Crippen molar-refractivity contribution >= 4 is 11.8 Å². The molecule has 0 aliphatic carbocycles. The summed E-state index contributed by atoms with van der Waals surface area (Å²) in [6.45, 7) is 5.72. The van der Waals surface area contributed by atoms with Crippen LogP contribution in [0, 0.1) is 0 Å². The highest BCUT2D eigenvalue weighted by molar-refractivity contribution is 5.94. The first kappa shape index (κ1) is 13.4. The number of pyridine rings is 1. The second kappa shape index (κ2) is 5.63. The Hall–Kier alpha value is -1.62. The Labute approximate surface area is 101 Å². The fourth-order valence-corrected chi connectivity index (χ4v) is 1.22. The van der Waals surface area contributed by atoms with Crippen LogP contribution in [-0.2, 0) is 4.74 Å². The average Bonchev–Trinajstić information content (AvgIpc) is 2.26. The Balaban J connectivity index is 2.81. The van der Waals surface area contributed by atoms with Crippen LogP contribution in [0.15, 0.2) is 18.3 Å². The molecule has 2 N–H and O–H groups in total. The number of carbonyl (C=O) groups is 1. The standard InChI is InChI=1S/C12H18N2O3/c1-4-17-11(15)9-6-5-7-13-10(9)14-8-12(2,3)16/h5-7,16H,4,8H2,1-3H3,(H,13,14). The minimum absolute atomic E-state index is 0.302. The molecule has 0 bridgehead atoms. The van der Waals surface area contributed by atoms with Gasteiger partial charge in [0.2, 0.25) is 0 Å². The Bertz CT molecular complexity index is 386. The number of aromatic nitrogens is 1. The summed E-state index contributed by atoms with van der Waals surface area (Å²) < 4.78 is 4.92. The minimum atomic E-state index is -0.872. The summed E-state index contributed by atoms with van der Waals surface area (Å²) in [5, 5.41) is 12.5. The molecule has 0 saturated heterocycles. The van der Waals surface area contributed by atoms with Crippen molar-refractivity contribution in [2.24, 2.45) is 0 Å². The molecular weight excluding hydrogens is 220 g/mol. The molecule has 0 aliphatic heterocycles. The molecule has 1 heterocycles. The third-order valence-electron chi connectivity index (χ3n) is 1.99. The smallest absolute Gasteiger partial charge is 0.341 e. The molecule has 0 aliphatic rings. The highest BCUT2D eigenvalue weighted by Gasteiger charge is 2.16. The molecule has 5 nitrogen and oxygen atoms in total. The Morgan fingerprint density at radius 3 is 2.88 bits per heavy atom. The summed E-state index contributed by atoms with van der Waals surface area (Å²) in [6, 6.07) is 3.30. The first-order valence-electron chi connectivity index (χ1n) is 5.52. The molecule has 17 heavy (non-hydrogen) atoms. The number of anilines is 1. The van der Waals surface area contributed by atoms with Crippen LogP contribution in [0.3, 0.4) is 0 Å². The predicted octanol–water partition coefficient (Wildman–Crippen LogP) is 1.44. The molecule has 0 fully saturated rings. The molecule has 1 aromatic heterocycles. The number of rotatable bonds is 5. The van der Waals surface area contributed by atoms with Crippen molar-refractivity contribution in [1.29, 1.82) is 0 Å². The molecular formula is C12H18N2O3. The summed E-state index contributed by atoms with van der Waals surface area (Å²) in [5.74, 6) is 0.00641. The van der Waals surface area contributed by atoms with Gasteiger partial charge in [0.25, 0.3) is 0 Å². The van der Waals surface area contributed by atoms with Gasteiger partial charge >= 0.3 is 5.97 Å². The van der Waals surface area contributed by atoms with Gasteiger partial charge in [0.1, 0.15) is 11.4 Å². The molecule has 0 aromatic carbocycles. The van der Waals surface area contributed by atoms with E-state index in [1.54, 1.807) is 39.1 Å². The lowest BCUT2D eigenvalue weighted by atomic mass is 10.1. The lowest BCUT2D eigenvalue weighted by Crippen LogP contribution is -2.30. The van der Waals surface area contributed by atoms with Gasteiger partial charge in [0.05, 0.1) is 12.2 Å². The van der Waals surface area contributed by atoms with E-state index < -0.39 is 11.6 Å². The van der Waals surface area contributed by atoms with Crippen molar-refractivity contribution in [2.75, 3.05) is 18.5 Å². The molecule has 0 spiro atoms. The topological polar surface area (TPSA) is 71.5 Å². The molecule has 0 unspecified atom stereocenters. The summed E-state index contributed by atoms with van der Waals surface area (Å²) >= 11 is 0. The highest BCUT2D eigenvalue weighted by atomic mass is 16.5. The van der Waals surface area contributed by atoms with Gasteiger partial charge in [0, 0.05) is 12.7 Å². The molecule has 0 atom stereocenters. The largest absolute Gasteiger partial charge is 0.462 e. The van der Waals surface area contributed by atoms with Crippen LogP contribution in [0.4, 0.5) is 5.82 Å². The van der Waals surface area contributed by atoms with E-state index in [1.165, 1.54) is 0 Å². The van der Waals surface area contributed by atoms with E-state index in [4.69, 9.17) is 4.74 Å². The number of esters is 1. The first-order valence-corrected chi connectivity index (χ1v) is 5.52. The van der Waals surface area contributed by atoms with Gasteiger partial charge in [-0.15, -0.1) is 0 Å². The van der Waals surface area contributed by atoms with E-state index in [0.717, 1.165) is 0 Å². The molecule has 5 heteroatoms. The maximum Gasteiger partial charge on any atom is 0.341 e. The van der Waals surface area contributed by atoms with Crippen molar-refractivity contribution in [2.45, 2.75) is 26.4 Å². The van der Waals surface area contributed by atoms with Gasteiger partial charge in [-0.2, -0.15) is 0 Å². The molecule has 0 radical (unpaired) electrons. The molecule has 94 valence electrons. The van der Waals surface area contributed by atoms with Crippen LogP contribution >= 0.6 is 0 Å². The Morgan fingerprint density at radius 2 is 2.29 bits per heavy atom. The van der Waals surface area contributed by atoms with E-state index in [2.05, 4.69) is 10.3 Å². The van der Waals surface area contributed by atoms with Crippen LogP contribution in [0.5, 0.6) is 0 Å². The molecule has 1 rings (SSSR count). The normalized spacial score (nSPS) is 11.1. The third-order valence-corrected chi connectivity index (χ3v) is 1.99. The summed E-state index contributed by atoms with van der Waals surface area (Å²) in [7, 11) is 0. The Morgan fingerprint density at radius 1 is 1.59 bits per heavy atom. The van der Waals surface area contributed by atoms with Crippen molar-refractivity contribution in [3.63, 3.8) is 0 Å². The number of hydrogen-bond acceptors (Lipinski definition) is 5. The summed E-state index contributed by atoms with van der Waals surface area (Å²) in [4.78, 5) is 15.7. The second-order valence-electron chi connectivity index (χ2n) is 4.29. The van der Waals surface area contributed by atoms with E-state index in [-0.39, 0.29) is 0 Å². The maximum atomic E-state index is 11.6. The zero-order valence-corrected chi connectivity index (χ0v) is 10.4. The quantitative estimate of drug-likeness (QED) is 0.759. The van der Waals surface area contributed by atoms with Crippen molar-refractivity contribution in [3.05, 3.63) is 23.9 Å². The van der Waals surface area contributed by atoms with Gasteiger partial charge in [-0.05, 0) is 32.9 Å². The number of nitrogens with one attached hydrogen (secondary N) is 1. The number of ether oxygens (including phenoxy) is 1. The molecule has 0 saturated carbocycles. The highest BCUT2D eigenvalue weighted by Crippen LogP contribution is 2.14. The molecule has 1 aromatic rings. The number of nitrogens with zero attached hydrogens (tertiary/aromatic N) is 1.